The number of nitrogens with zero attached hydrogens (tertiary/aromatic N) is 1. The van der Waals surface area contributed by atoms with Gasteiger partial charge in [-0.25, -0.2) is 0 Å². The average molecular weight is 276 g/mol. The monoisotopic (exact) mass is 276 g/mol. The molecule has 0 spiro atoms. The lowest BCUT2D eigenvalue weighted by molar-refractivity contribution is -0.137. The number of hydrogen-bond acceptors (Lipinski definition) is 6. The van der Waals surface area contributed by atoms with Crippen LogP contribution in [0.2, 0.25) is 0 Å². The van der Waals surface area contributed by atoms with Crippen molar-refractivity contribution in [2.75, 3.05) is 19.9 Å². The van der Waals surface area contributed by atoms with Gasteiger partial charge < -0.3 is 15.3 Å². The molecule has 1 atom stereocenters. The molecule has 1 amide bonds. The van der Waals surface area contributed by atoms with Gasteiger partial charge in [-0.3, -0.25) is 9.59 Å². The molecule has 0 aliphatic rings. The first-order valence-corrected chi connectivity index (χ1v) is 6.39. The maximum absolute atomic E-state index is 11.8. The molecule has 6 nitrogen and oxygen atoms in total. The average Bonchev–Trinajstić information content (AvgIpc) is 2.31. The summed E-state index contributed by atoms with van der Waals surface area (Å²) in [4.78, 5) is 22.9. The molecule has 104 valence electrons. The molecule has 0 aliphatic carbocycles. The number of thioether (sulfide) groups is 1. The van der Waals surface area contributed by atoms with E-state index in [-0.39, 0.29) is 16.7 Å². The first kappa shape index (κ1) is 16.8. The molecule has 2 N–H and O–H groups in total. The molecule has 0 saturated heterocycles. The van der Waals surface area contributed by atoms with E-state index in [9.17, 15) is 9.59 Å². The third-order valence-corrected chi connectivity index (χ3v) is 3.28. The molecular formula is C11H20N2O4S. The van der Waals surface area contributed by atoms with Gasteiger partial charge in [0.2, 0.25) is 5.91 Å². The second kappa shape index (κ2) is 7.25. The highest BCUT2D eigenvalue weighted by molar-refractivity contribution is 8.14. The van der Waals surface area contributed by atoms with E-state index in [1.165, 1.54) is 14.2 Å². The molecule has 0 radical (unpaired) electrons. The maximum atomic E-state index is 11.8. The molecule has 18 heavy (non-hydrogen) atoms. The predicted molar refractivity (Wildman–Crippen MR) is 70.7 cm³/mol. The Labute approximate surface area is 111 Å². The van der Waals surface area contributed by atoms with Crippen molar-refractivity contribution < 1.29 is 19.5 Å². The molecule has 0 rings (SSSR count). The molecule has 0 heterocycles. The Morgan fingerprint density at radius 1 is 1.44 bits per heavy atom. The van der Waals surface area contributed by atoms with Gasteiger partial charge in [0.15, 0.2) is 0 Å². The highest BCUT2D eigenvalue weighted by atomic mass is 32.2. The zero-order valence-electron chi connectivity index (χ0n) is 11.3. The van der Waals surface area contributed by atoms with Gasteiger partial charge in [-0.15, -0.1) is 0 Å². The summed E-state index contributed by atoms with van der Waals surface area (Å²) in [6.45, 7) is 5.57. The fourth-order valence-electron chi connectivity index (χ4n) is 1.38. The minimum Gasteiger partial charge on any atom is -0.468 e. The van der Waals surface area contributed by atoms with Crippen molar-refractivity contribution in [1.29, 1.82) is 0 Å². The van der Waals surface area contributed by atoms with Gasteiger partial charge in [0.1, 0.15) is 5.04 Å². The van der Waals surface area contributed by atoms with Gasteiger partial charge in [-0.1, -0.05) is 37.7 Å². The second-order valence-electron chi connectivity index (χ2n) is 4.72. The summed E-state index contributed by atoms with van der Waals surface area (Å²) in [6, 6.07) is 0. The second-order valence-corrected chi connectivity index (χ2v) is 5.71. The first-order valence-electron chi connectivity index (χ1n) is 5.41. The van der Waals surface area contributed by atoms with Crippen molar-refractivity contribution in [1.82, 2.24) is 5.32 Å². The van der Waals surface area contributed by atoms with Crippen LogP contribution in [-0.2, 0) is 14.3 Å². The fraction of sp³-hybridized carbons (Fsp3) is 0.727. The van der Waals surface area contributed by atoms with Gasteiger partial charge >= 0.3 is 5.97 Å². The maximum Gasteiger partial charge on any atom is 0.316 e. The number of hydrogen-bond donors (Lipinski definition) is 2. The molecule has 0 bridgehead atoms. The van der Waals surface area contributed by atoms with Gasteiger partial charge in [0.25, 0.3) is 0 Å². The van der Waals surface area contributed by atoms with Gasteiger partial charge in [0, 0.05) is 7.05 Å². The van der Waals surface area contributed by atoms with Crippen LogP contribution in [0.1, 0.15) is 20.8 Å². The Morgan fingerprint density at radius 3 is 2.33 bits per heavy atom. The highest BCUT2D eigenvalue weighted by Gasteiger charge is 2.36. The van der Waals surface area contributed by atoms with Crippen molar-refractivity contribution in [2.24, 2.45) is 16.5 Å². The standard InChI is InChI=1S/C11H20N2O4S/c1-11(2,3)8(9(15)12-4)10(13-16)18-6-7(14)17-5/h8,16H,6H2,1-5H3,(H,12,15)/b13-10-. The number of ether oxygens (including phenoxy) is 1. The van der Waals surface area contributed by atoms with Crippen LogP contribution in [0.4, 0.5) is 0 Å². The lowest BCUT2D eigenvalue weighted by atomic mass is 9.80. The molecule has 7 heteroatoms. The minimum atomic E-state index is -0.623. The Balaban J connectivity index is 4.96. The number of nitrogens with one attached hydrogen (secondary N) is 1. The summed E-state index contributed by atoms with van der Waals surface area (Å²) >= 11 is 0.998. The van der Waals surface area contributed by atoms with Gasteiger partial charge in [-0.05, 0) is 5.41 Å². The zero-order chi connectivity index (χ0) is 14.3. The summed E-state index contributed by atoms with van der Waals surface area (Å²) < 4.78 is 4.50. The van der Waals surface area contributed by atoms with Crippen LogP contribution in [0, 0.1) is 11.3 Å². The number of carbonyl (C=O) groups is 2. The fourth-order valence-corrected chi connectivity index (χ4v) is 2.45. The Bertz CT molecular complexity index is 336. The molecular weight excluding hydrogens is 256 g/mol. The van der Waals surface area contributed by atoms with Gasteiger partial charge in [-0.2, -0.15) is 0 Å². The quantitative estimate of drug-likeness (QED) is 0.264. The summed E-state index contributed by atoms with van der Waals surface area (Å²) in [5, 5.41) is 14.9. The van der Waals surface area contributed by atoms with Crippen LogP contribution in [0.25, 0.3) is 0 Å². The van der Waals surface area contributed by atoms with Gasteiger partial charge in [0.05, 0.1) is 18.8 Å². The smallest absolute Gasteiger partial charge is 0.316 e. The van der Waals surface area contributed by atoms with E-state index in [0.29, 0.717) is 0 Å². The molecule has 0 fully saturated rings. The van der Waals surface area contributed by atoms with Crippen LogP contribution < -0.4 is 5.32 Å². The van der Waals surface area contributed by atoms with Crippen molar-refractivity contribution in [3.8, 4) is 0 Å². The lowest BCUT2D eigenvalue weighted by Gasteiger charge is -2.29. The van der Waals surface area contributed by atoms with E-state index < -0.39 is 17.3 Å². The molecule has 0 aromatic rings. The highest BCUT2D eigenvalue weighted by Crippen LogP contribution is 2.31. The number of oxime groups is 1. The van der Waals surface area contributed by atoms with Crippen LogP contribution in [-0.4, -0.2) is 42.0 Å². The van der Waals surface area contributed by atoms with E-state index in [2.05, 4.69) is 15.2 Å². The molecule has 1 unspecified atom stereocenters. The number of rotatable bonds is 4. The molecule has 0 aromatic carbocycles. The Kier molecular flexibility index (Phi) is 6.75. The Hall–Kier alpha value is -1.24. The predicted octanol–water partition coefficient (Wildman–Crippen LogP) is 1.09. The van der Waals surface area contributed by atoms with E-state index >= 15 is 0 Å². The zero-order valence-corrected chi connectivity index (χ0v) is 12.1. The van der Waals surface area contributed by atoms with Crippen molar-refractivity contribution in [3.63, 3.8) is 0 Å². The van der Waals surface area contributed by atoms with Crippen LogP contribution in [0.15, 0.2) is 5.16 Å². The van der Waals surface area contributed by atoms with E-state index in [0.717, 1.165) is 11.8 Å². The largest absolute Gasteiger partial charge is 0.468 e. The van der Waals surface area contributed by atoms with Crippen molar-refractivity contribution in [3.05, 3.63) is 0 Å². The van der Waals surface area contributed by atoms with Crippen LogP contribution >= 0.6 is 11.8 Å². The number of esters is 1. The molecule has 0 aliphatic heterocycles. The summed E-state index contributed by atoms with van der Waals surface area (Å²) in [6.07, 6.45) is 0. The van der Waals surface area contributed by atoms with Crippen LogP contribution in [0.5, 0.6) is 0 Å². The van der Waals surface area contributed by atoms with Crippen molar-refractivity contribution in [2.45, 2.75) is 20.8 Å². The number of amides is 1. The first-order chi connectivity index (χ1) is 8.27. The third kappa shape index (κ3) is 4.95. The SMILES string of the molecule is CNC(=O)C(/C(=N/O)SCC(=O)OC)C(C)(C)C. The minimum absolute atomic E-state index is 0.000528. The van der Waals surface area contributed by atoms with Crippen molar-refractivity contribution >= 4 is 28.7 Å². The summed E-state index contributed by atoms with van der Waals surface area (Å²) in [5.74, 6) is -1.32. The Morgan fingerprint density at radius 2 is 2.00 bits per heavy atom. The van der Waals surface area contributed by atoms with E-state index in [4.69, 9.17) is 5.21 Å². The molecule has 0 aromatic heterocycles. The van der Waals surface area contributed by atoms with E-state index in [1.807, 2.05) is 20.8 Å². The summed E-state index contributed by atoms with van der Waals surface area (Å²) in [5.41, 5.74) is -0.426. The normalized spacial score (nSPS) is 13.9. The summed E-state index contributed by atoms with van der Waals surface area (Å²) in [7, 11) is 2.79. The number of methoxy groups -OCH3 is 1. The van der Waals surface area contributed by atoms with E-state index in [1.54, 1.807) is 0 Å². The lowest BCUT2D eigenvalue weighted by Crippen LogP contribution is -2.40. The third-order valence-electron chi connectivity index (χ3n) is 2.29. The number of carbonyl (C=O) groups excluding carboxylic acids is 2. The topological polar surface area (TPSA) is 88.0 Å². The molecule has 0 saturated carbocycles. The van der Waals surface area contributed by atoms with Crippen LogP contribution in [0.3, 0.4) is 0 Å².